The standard InChI is InChI=1S/C18H24N4O2S2.HI/c1-19-18(21-13-16-8-11-25-14-16)20-12-15-4-6-17(7-5-15)26(23,24)22-9-2-3-10-22;/h4-8,11,14H,2-3,9-10,12-13H2,1H3,(H2,19,20,21);1H. The smallest absolute Gasteiger partial charge is 0.243 e. The first-order valence-corrected chi connectivity index (χ1v) is 11.0. The average molecular weight is 520 g/mol. The van der Waals surface area contributed by atoms with Crippen LogP contribution in [0, 0.1) is 0 Å². The van der Waals surface area contributed by atoms with Crippen molar-refractivity contribution in [3.63, 3.8) is 0 Å². The van der Waals surface area contributed by atoms with Crippen molar-refractivity contribution in [3.05, 3.63) is 52.2 Å². The molecule has 0 aliphatic carbocycles. The molecule has 0 amide bonds. The van der Waals surface area contributed by atoms with Crippen LogP contribution >= 0.6 is 35.3 Å². The summed E-state index contributed by atoms with van der Waals surface area (Å²) in [6, 6.07) is 9.15. The minimum Gasteiger partial charge on any atom is -0.352 e. The maximum atomic E-state index is 12.5. The highest BCUT2D eigenvalue weighted by molar-refractivity contribution is 14.0. The van der Waals surface area contributed by atoms with Gasteiger partial charge in [-0.05, 0) is 52.9 Å². The van der Waals surface area contributed by atoms with E-state index in [9.17, 15) is 8.42 Å². The van der Waals surface area contributed by atoms with E-state index < -0.39 is 10.0 Å². The molecule has 2 N–H and O–H groups in total. The van der Waals surface area contributed by atoms with Crippen LogP contribution in [0.1, 0.15) is 24.0 Å². The van der Waals surface area contributed by atoms with Crippen LogP contribution in [0.4, 0.5) is 0 Å². The van der Waals surface area contributed by atoms with Gasteiger partial charge in [0.05, 0.1) is 4.90 Å². The van der Waals surface area contributed by atoms with Gasteiger partial charge >= 0.3 is 0 Å². The third-order valence-electron chi connectivity index (χ3n) is 4.35. The molecule has 2 heterocycles. The molecule has 27 heavy (non-hydrogen) atoms. The molecule has 1 aliphatic rings. The number of thiophene rings is 1. The first kappa shape index (κ1) is 22.1. The summed E-state index contributed by atoms with van der Waals surface area (Å²) in [5.41, 5.74) is 2.22. The Bertz CT molecular complexity index is 831. The van der Waals surface area contributed by atoms with Crippen molar-refractivity contribution < 1.29 is 8.42 Å². The summed E-state index contributed by atoms with van der Waals surface area (Å²) in [6.07, 6.45) is 1.89. The predicted molar refractivity (Wildman–Crippen MR) is 121 cm³/mol. The molecule has 0 saturated carbocycles. The third-order valence-corrected chi connectivity index (χ3v) is 6.99. The number of nitrogens with zero attached hydrogens (tertiary/aromatic N) is 2. The second-order valence-corrected chi connectivity index (χ2v) is 8.88. The molecule has 0 bridgehead atoms. The molecule has 1 aromatic heterocycles. The summed E-state index contributed by atoms with van der Waals surface area (Å²) in [6.45, 7) is 2.54. The van der Waals surface area contributed by atoms with E-state index in [1.165, 1.54) is 5.56 Å². The molecule has 1 fully saturated rings. The van der Waals surface area contributed by atoms with Crippen LogP contribution in [0.2, 0.25) is 0 Å². The van der Waals surface area contributed by atoms with Gasteiger partial charge in [-0.1, -0.05) is 12.1 Å². The number of hydrogen-bond donors (Lipinski definition) is 2. The van der Waals surface area contributed by atoms with Gasteiger partial charge < -0.3 is 10.6 Å². The van der Waals surface area contributed by atoms with Gasteiger partial charge in [-0.25, -0.2) is 8.42 Å². The molecular weight excluding hydrogens is 495 g/mol. The van der Waals surface area contributed by atoms with E-state index >= 15 is 0 Å². The molecule has 1 aromatic carbocycles. The molecule has 148 valence electrons. The van der Waals surface area contributed by atoms with Crippen molar-refractivity contribution in [1.29, 1.82) is 0 Å². The number of guanidine groups is 1. The first-order chi connectivity index (χ1) is 12.6. The quantitative estimate of drug-likeness (QED) is 0.349. The van der Waals surface area contributed by atoms with Crippen LogP contribution in [0.5, 0.6) is 0 Å². The molecule has 0 spiro atoms. The van der Waals surface area contributed by atoms with Crippen molar-refractivity contribution in [2.75, 3.05) is 20.1 Å². The number of hydrogen-bond acceptors (Lipinski definition) is 4. The predicted octanol–water partition coefficient (Wildman–Crippen LogP) is 3.02. The molecule has 0 radical (unpaired) electrons. The highest BCUT2D eigenvalue weighted by Crippen LogP contribution is 2.21. The fourth-order valence-corrected chi connectivity index (χ4v) is 5.03. The lowest BCUT2D eigenvalue weighted by atomic mass is 10.2. The van der Waals surface area contributed by atoms with E-state index in [1.54, 1.807) is 34.8 Å². The number of halogens is 1. The van der Waals surface area contributed by atoms with Gasteiger partial charge in [0.1, 0.15) is 0 Å². The Morgan fingerprint density at radius 1 is 1.07 bits per heavy atom. The number of nitrogens with one attached hydrogen (secondary N) is 2. The van der Waals surface area contributed by atoms with E-state index in [2.05, 4.69) is 27.1 Å². The lowest BCUT2D eigenvalue weighted by Gasteiger charge is -2.16. The Labute approximate surface area is 182 Å². The molecule has 6 nitrogen and oxygen atoms in total. The van der Waals surface area contributed by atoms with Crippen molar-refractivity contribution in [1.82, 2.24) is 14.9 Å². The van der Waals surface area contributed by atoms with E-state index in [0.717, 1.165) is 24.9 Å². The zero-order valence-corrected chi connectivity index (χ0v) is 19.2. The Morgan fingerprint density at radius 2 is 1.70 bits per heavy atom. The van der Waals surface area contributed by atoms with Crippen LogP contribution in [0.3, 0.4) is 0 Å². The van der Waals surface area contributed by atoms with Gasteiger partial charge in [-0.3, -0.25) is 4.99 Å². The van der Waals surface area contributed by atoms with Crippen LogP contribution < -0.4 is 10.6 Å². The van der Waals surface area contributed by atoms with Crippen molar-refractivity contribution in [3.8, 4) is 0 Å². The zero-order chi connectivity index (χ0) is 18.4. The van der Waals surface area contributed by atoms with Crippen molar-refractivity contribution in [2.24, 2.45) is 4.99 Å². The number of aliphatic imine (C=N–C) groups is 1. The van der Waals surface area contributed by atoms with E-state index in [0.29, 0.717) is 30.5 Å². The lowest BCUT2D eigenvalue weighted by Crippen LogP contribution is -2.36. The lowest BCUT2D eigenvalue weighted by molar-refractivity contribution is 0.477. The highest BCUT2D eigenvalue weighted by Gasteiger charge is 2.26. The van der Waals surface area contributed by atoms with Crippen molar-refractivity contribution >= 4 is 51.3 Å². The van der Waals surface area contributed by atoms with E-state index in [1.807, 2.05) is 17.5 Å². The number of sulfonamides is 1. The van der Waals surface area contributed by atoms with Gasteiger partial charge in [0.25, 0.3) is 0 Å². The molecule has 3 rings (SSSR count). The normalized spacial score (nSPS) is 15.4. The minimum atomic E-state index is -3.35. The van der Waals surface area contributed by atoms with Crippen LogP contribution in [-0.4, -0.2) is 38.8 Å². The summed E-state index contributed by atoms with van der Waals surface area (Å²) >= 11 is 1.67. The summed E-state index contributed by atoms with van der Waals surface area (Å²) in [5, 5.41) is 10.6. The summed E-state index contributed by atoms with van der Waals surface area (Å²) in [7, 11) is -1.62. The Hall–Kier alpha value is -1.17. The second kappa shape index (κ2) is 10.4. The van der Waals surface area contributed by atoms with E-state index in [4.69, 9.17) is 0 Å². The summed E-state index contributed by atoms with van der Waals surface area (Å²) < 4.78 is 26.6. The maximum absolute atomic E-state index is 12.5. The van der Waals surface area contributed by atoms with Crippen molar-refractivity contribution in [2.45, 2.75) is 30.8 Å². The summed E-state index contributed by atoms with van der Waals surface area (Å²) in [4.78, 5) is 4.57. The van der Waals surface area contributed by atoms with Crippen LogP contribution in [0.25, 0.3) is 0 Å². The minimum absolute atomic E-state index is 0. The molecule has 0 atom stereocenters. The molecular formula is C18H25IN4O2S2. The van der Waals surface area contributed by atoms with Gasteiger partial charge in [-0.2, -0.15) is 15.6 Å². The molecule has 1 aliphatic heterocycles. The van der Waals surface area contributed by atoms with E-state index in [-0.39, 0.29) is 24.0 Å². The highest BCUT2D eigenvalue weighted by atomic mass is 127. The maximum Gasteiger partial charge on any atom is 0.243 e. The monoisotopic (exact) mass is 520 g/mol. The van der Waals surface area contributed by atoms with Gasteiger partial charge in [0.15, 0.2) is 5.96 Å². The van der Waals surface area contributed by atoms with Gasteiger partial charge in [0, 0.05) is 33.2 Å². The first-order valence-electron chi connectivity index (χ1n) is 8.64. The van der Waals surface area contributed by atoms with Crippen LogP contribution in [0.15, 0.2) is 51.0 Å². The molecule has 1 saturated heterocycles. The zero-order valence-electron chi connectivity index (χ0n) is 15.2. The second-order valence-electron chi connectivity index (χ2n) is 6.17. The molecule has 9 heteroatoms. The SMILES string of the molecule is CN=C(NCc1ccc(S(=O)(=O)N2CCCC2)cc1)NCc1ccsc1.I. The molecule has 0 unspecified atom stereocenters. The Balaban J connectivity index is 0.00000261. The summed E-state index contributed by atoms with van der Waals surface area (Å²) in [5.74, 6) is 0.713. The average Bonchev–Trinajstić information content (AvgIpc) is 3.36. The fraction of sp³-hybridized carbons (Fsp3) is 0.389. The number of benzene rings is 1. The Morgan fingerprint density at radius 3 is 2.26 bits per heavy atom. The van der Waals surface area contributed by atoms with Gasteiger partial charge in [0.2, 0.25) is 10.0 Å². The topological polar surface area (TPSA) is 73.8 Å². The largest absolute Gasteiger partial charge is 0.352 e. The fourth-order valence-electron chi connectivity index (χ4n) is 2.84. The van der Waals surface area contributed by atoms with Crippen LogP contribution in [-0.2, 0) is 23.1 Å². The van der Waals surface area contributed by atoms with Gasteiger partial charge in [-0.15, -0.1) is 24.0 Å². The molecule has 2 aromatic rings. The Kier molecular flexibility index (Phi) is 8.52. The third kappa shape index (κ3) is 5.90. The number of rotatable bonds is 6.